The maximum Gasteiger partial charge on any atom is 0.0543 e. The molecule has 0 aliphatic heterocycles. The average molecular weight is 303 g/mol. The summed E-state index contributed by atoms with van der Waals surface area (Å²) < 4.78 is 0. The van der Waals surface area contributed by atoms with Gasteiger partial charge in [-0.3, -0.25) is 0 Å². The van der Waals surface area contributed by atoms with Gasteiger partial charge in [0.2, 0.25) is 0 Å². The van der Waals surface area contributed by atoms with Gasteiger partial charge in [0.25, 0.3) is 0 Å². The molecule has 1 heteroatoms. The Labute approximate surface area is 136 Å². The number of aliphatic hydroxyl groups is 1. The topological polar surface area (TPSA) is 20.2 Å². The van der Waals surface area contributed by atoms with Gasteiger partial charge in [0.05, 0.1) is 6.10 Å². The zero-order valence-electron chi connectivity index (χ0n) is 14.7. The van der Waals surface area contributed by atoms with Gasteiger partial charge in [0.1, 0.15) is 0 Å². The molecule has 4 fully saturated rings. The lowest BCUT2D eigenvalue weighted by molar-refractivity contribution is -0.114. The summed E-state index contributed by atoms with van der Waals surface area (Å²) in [6, 6.07) is 0. The summed E-state index contributed by atoms with van der Waals surface area (Å²) in [5.41, 5.74) is 2.31. The first-order chi connectivity index (χ1) is 10.5. The molecule has 0 bridgehead atoms. The number of fused-ring (bicyclic) bond motifs is 5. The van der Waals surface area contributed by atoms with E-state index in [-0.39, 0.29) is 6.10 Å². The van der Waals surface area contributed by atoms with Crippen LogP contribution in [0.1, 0.15) is 72.1 Å². The Bertz CT molecular complexity index is 467. The third-order valence-corrected chi connectivity index (χ3v) is 8.53. The third-order valence-electron chi connectivity index (χ3n) is 8.53. The van der Waals surface area contributed by atoms with E-state index in [0.29, 0.717) is 5.41 Å². The molecule has 0 aromatic rings. The van der Waals surface area contributed by atoms with Crippen LogP contribution in [0.25, 0.3) is 0 Å². The molecule has 4 saturated carbocycles. The van der Waals surface area contributed by atoms with E-state index in [1.807, 2.05) is 0 Å². The minimum Gasteiger partial charge on any atom is -0.393 e. The standard InChI is InChI=1S/C21H34O/c1-4-14-5-7-18-17-8-6-15-12-16(22)9-10-21(15,3)19(17)11-13(2)20(14)18/h4,13,15-20,22H,5-12H2,1-3H3/t13-,15?,16?,17?,18?,19?,20?,21+/m1/s1. The molecule has 124 valence electrons. The number of hydrogen-bond donors (Lipinski definition) is 1. The van der Waals surface area contributed by atoms with Gasteiger partial charge >= 0.3 is 0 Å². The molecule has 4 aliphatic rings. The minimum absolute atomic E-state index is 0.00973. The van der Waals surface area contributed by atoms with E-state index < -0.39 is 0 Å². The molecular formula is C21H34O. The lowest BCUT2D eigenvalue weighted by atomic mass is 9.46. The monoisotopic (exact) mass is 302 g/mol. The maximum absolute atomic E-state index is 10.1. The second-order valence-corrected chi connectivity index (χ2v) is 9.28. The fraction of sp³-hybridized carbons (Fsp3) is 0.905. The van der Waals surface area contributed by atoms with Gasteiger partial charge in [-0.15, -0.1) is 0 Å². The highest BCUT2D eigenvalue weighted by molar-refractivity contribution is 5.19. The van der Waals surface area contributed by atoms with Gasteiger partial charge in [0, 0.05) is 0 Å². The fourth-order valence-corrected chi connectivity index (χ4v) is 7.48. The summed E-state index contributed by atoms with van der Waals surface area (Å²) in [5, 5.41) is 10.1. The summed E-state index contributed by atoms with van der Waals surface area (Å²) in [4.78, 5) is 0. The Morgan fingerprint density at radius 3 is 2.68 bits per heavy atom. The van der Waals surface area contributed by atoms with E-state index >= 15 is 0 Å². The van der Waals surface area contributed by atoms with Gasteiger partial charge in [-0.05, 0) is 99.2 Å². The fourth-order valence-electron chi connectivity index (χ4n) is 7.48. The van der Waals surface area contributed by atoms with Crippen molar-refractivity contribution >= 4 is 0 Å². The molecule has 1 nitrogen and oxygen atoms in total. The van der Waals surface area contributed by atoms with Gasteiger partial charge in [-0.1, -0.05) is 25.5 Å². The molecular weight excluding hydrogens is 268 g/mol. The molecule has 0 spiro atoms. The highest BCUT2D eigenvalue weighted by Gasteiger charge is 2.57. The van der Waals surface area contributed by atoms with Crippen molar-refractivity contribution in [2.45, 2.75) is 78.2 Å². The Morgan fingerprint density at radius 2 is 1.91 bits per heavy atom. The quantitative estimate of drug-likeness (QED) is 0.610. The van der Waals surface area contributed by atoms with Crippen LogP contribution >= 0.6 is 0 Å². The van der Waals surface area contributed by atoms with Gasteiger partial charge in [-0.25, -0.2) is 0 Å². The smallest absolute Gasteiger partial charge is 0.0543 e. The summed E-state index contributed by atoms with van der Waals surface area (Å²) in [6.07, 6.45) is 13.0. The Hall–Kier alpha value is -0.300. The van der Waals surface area contributed by atoms with Crippen LogP contribution in [0, 0.1) is 40.9 Å². The van der Waals surface area contributed by atoms with Crippen molar-refractivity contribution in [3.8, 4) is 0 Å². The molecule has 8 atom stereocenters. The molecule has 4 aliphatic carbocycles. The third kappa shape index (κ3) is 2.07. The van der Waals surface area contributed by atoms with E-state index in [9.17, 15) is 5.11 Å². The van der Waals surface area contributed by atoms with Crippen LogP contribution < -0.4 is 0 Å². The van der Waals surface area contributed by atoms with Crippen LogP contribution in [-0.2, 0) is 0 Å². The second-order valence-electron chi connectivity index (χ2n) is 9.28. The minimum atomic E-state index is -0.00973. The van der Waals surface area contributed by atoms with Crippen molar-refractivity contribution in [2.24, 2.45) is 40.9 Å². The highest BCUT2D eigenvalue weighted by Crippen LogP contribution is 2.64. The van der Waals surface area contributed by atoms with Crippen LogP contribution in [0.4, 0.5) is 0 Å². The largest absolute Gasteiger partial charge is 0.393 e. The average Bonchev–Trinajstić information content (AvgIpc) is 2.94. The van der Waals surface area contributed by atoms with Crippen molar-refractivity contribution in [3.63, 3.8) is 0 Å². The van der Waals surface area contributed by atoms with Gasteiger partial charge < -0.3 is 5.11 Å². The summed E-state index contributed by atoms with van der Waals surface area (Å²) in [5.74, 6) is 5.47. The van der Waals surface area contributed by atoms with Crippen molar-refractivity contribution in [3.05, 3.63) is 11.6 Å². The number of allylic oxidation sites excluding steroid dienone is 2. The van der Waals surface area contributed by atoms with E-state index in [4.69, 9.17) is 0 Å². The van der Waals surface area contributed by atoms with Crippen molar-refractivity contribution in [1.82, 2.24) is 0 Å². The number of rotatable bonds is 0. The molecule has 1 N–H and O–H groups in total. The first-order valence-electron chi connectivity index (χ1n) is 9.87. The lowest BCUT2D eigenvalue weighted by Crippen LogP contribution is -2.53. The van der Waals surface area contributed by atoms with Crippen LogP contribution in [0.2, 0.25) is 0 Å². The van der Waals surface area contributed by atoms with Gasteiger partial charge in [0.15, 0.2) is 0 Å². The van der Waals surface area contributed by atoms with Gasteiger partial charge in [-0.2, -0.15) is 0 Å². The van der Waals surface area contributed by atoms with E-state index in [0.717, 1.165) is 48.3 Å². The van der Waals surface area contributed by atoms with Crippen molar-refractivity contribution in [2.75, 3.05) is 0 Å². The van der Waals surface area contributed by atoms with E-state index in [1.165, 1.54) is 38.5 Å². The molecule has 0 heterocycles. The zero-order valence-corrected chi connectivity index (χ0v) is 14.7. The predicted molar refractivity (Wildman–Crippen MR) is 91.4 cm³/mol. The summed E-state index contributed by atoms with van der Waals surface area (Å²) >= 11 is 0. The SMILES string of the molecule is CC=C1CCC2C3CCC4CC(O)CC[C@]4(C)C3C[C@@H](C)C12. The first kappa shape index (κ1) is 15.2. The highest BCUT2D eigenvalue weighted by atomic mass is 16.3. The number of hydrogen-bond acceptors (Lipinski definition) is 1. The Morgan fingerprint density at radius 1 is 1.09 bits per heavy atom. The molecule has 0 radical (unpaired) electrons. The molecule has 4 rings (SSSR count). The Balaban J connectivity index is 1.64. The molecule has 0 aromatic heterocycles. The van der Waals surface area contributed by atoms with Crippen molar-refractivity contribution < 1.29 is 5.11 Å². The first-order valence-corrected chi connectivity index (χ1v) is 9.87. The molecule has 0 amide bonds. The number of aliphatic hydroxyl groups excluding tert-OH is 1. The normalized spacial score (nSPS) is 56.4. The molecule has 0 saturated heterocycles. The van der Waals surface area contributed by atoms with Crippen LogP contribution in [0.5, 0.6) is 0 Å². The van der Waals surface area contributed by atoms with Crippen LogP contribution in [0.15, 0.2) is 11.6 Å². The maximum atomic E-state index is 10.1. The van der Waals surface area contributed by atoms with Crippen LogP contribution in [0.3, 0.4) is 0 Å². The zero-order chi connectivity index (χ0) is 15.5. The summed E-state index contributed by atoms with van der Waals surface area (Å²) in [7, 11) is 0. The second kappa shape index (κ2) is 5.36. The van der Waals surface area contributed by atoms with E-state index in [2.05, 4.69) is 26.8 Å². The predicted octanol–water partition coefficient (Wildman–Crippen LogP) is 5.19. The summed E-state index contributed by atoms with van der Waals surface area (Å²) in [6.45, 7) is 7.39. The Kier molecular flexibility index (Phi) is 3.72. The molecule has 6 unspecified atom stereocenters. The van der Waals surface area contributed by atoms with Crippen LogP contribution in [-0.4, -0.2) is 11.2 Å². The molecule has 22 heavy (non-hydrogen) atoms. The lowest BCUT2D eigenvalue weighted by Gasteiger charge is -2.59. The molecule has 0 aromatic carbocycles. The van der Waals surface area contributed by atoms with E-state index in [1.54, 1.807) is 5.57 Å². The van der Waals surface area contributed by atoms with Crippen molar-refractivity contribution in [1.29, 1.82) is 0 Å².